The Kier molecular flexibility index (Phi) is 4.85. The first-order valence-corrected chi connectivity index (χ1v) is 7.72. The standard InChI is InChI=1S/C15H29N3O/c1-11(2)13(16)9-15(19)18-8-6-14-12(10-18)5-4-7-17(14)3/h11-14H,4-10,16H2,1-3H3. The molecule has 2 aliphatic rings. The van der Waals surface area contributed by atoms with Crippen LogP contribution < -0.4 is 5.73 Å². The van der Waals surface area contributed by atoms with Gasteiger partial charge in [-0.25, -0.2) is 0 Å². The summed E-state index contributed by atoms with van der Waals surface area (Å²) in [6.07, 6.45) is 4.18. The summed E-state index contributed by atoms with van der Waals surface area (Å²) in [5.74, 6) is 1.31. The number of piperidine rings is 2. The number of rotatable bonds is 3. The van der Waals surface area contributed by atoms with Crippen molar-refractivity contribution in [2.45, 2.75) is 51.6 Å². The van der Waals surface area contributed by atoms with E-state index in [0.717, 1.165) is 19.5 Å². The van der Waals surface area contributed by atoms with Crippen LogP contribution in [0.1, 0.15) is 39.5 Å². The molecule has 2 heterocycles. The van der Waals surface area contributed by atoms with E-state index in [1.54, 1.807) is 0 Å². The molecule has 1 amide bonds. The van der Waals surface area contributed by atoms with Gasteiger partial charge < -0.3 is 15.5 Å². The third kappa shape index (κ3) is 3.48. The first kappa shape index (κ1) is 14.8. The molecular formula is C15H29N3O. The van der Waals surface area contributed by atoms with Gasteiger partial charge in [-0.3, -0.25) is 4.79 Å². The highest BCUT2D eigenvalue weighted by atomic mass is 16.2. The molecule has 0 spiro atoms. The highest BCUT2D eigenvalue weighted by molar-refractivity contribution is 5.77. The van der Waals surface area contributed by atoms with Crippen molar-refractivity contribution in [2.75, 3.05) is 26.7 Å². The zero-order chi connectivity index (χ0) is 14.0. The van der Waals surface area contributed by atoms with Crippen molar-refractivity contribution in [3.05, 3.63) is 0 Å². The van der Waals surface area contributed by atoms with Crippen LogP contribution in [0.15, 0.2) is 0 Å². The first-order valence-electron chi connectivity index (χ1n) is 7.72. The summed E-state index contributed by atoms with van der Waals surface area (Å²) < 4.78 is 0. The van der Waals surface area contributed by atoms with E-state index >= 15 is 0 Å². The molecule has 2 N–H and O–H groups in total. The number of hydrogen-bond acceptors (Lipinski definition) is 3. The molecule has 2 rings (SSSR count). The Morgan fingerprint density at radius 1 is 1.32 bits per heavy atom. The summed E-state index contributed by atoms with van der Waals surface area (Å²) in [6.45, 7) is 7.24. The minimum absolute atomic E-state index is 0.000692. The van der Waals surface area contributed by atoms with Crippen LogP contribution in [0.3, 0.4) is 0 Å². The molecule has 0 aliphatic carbocycles. The average Bonchev–Trinajstić information content (AvgIpc) is 2.38. The largest absolute Gasteiger partial charge is 0.342 e. The average molecular weight is 267 g/mol. The van der Waals surface area contributed by atoms with Gasteiger partial charge >= 0.3 is 0 Å². The third-order valence-corrected chi connectivity index (χ3v) is 4.97. The van der Waals surface area contributed by atoms with Crippen LogP contribution in [-0.4, -0.2) is 54.5 Å². The number of hydrogen-bond donors (Lipinski definition) is 1. The van der Waals surface area contributed by atoms with Crippen LogP contribution in [-0.2, 0) is 4.79 Å². The van der Waals surface area contributed by atoms with Gasteiger partial charge in [0.1, 0.15) is 0 Å². The van der Waals surface area contributed by atoms with Crippen LogP contribution in [0, 0.1) is 11.8 Å². The van der Waals surface area contributed by atoms with E-state index in [1.165, 1.54) is 19.4 Å². The normalized spacial score (nSPS) is 30.3. The van der Waals surface area contributed by atoms with Crippen molar-refractivity contribution in [1.29, 1.82) is 0 Å². The van der Waals surface area contributed by atoms with Crippen LogP contribution in [0.5, 0.6) is 0 Å². The number of carbonyl (C=O) groups is 1. The number of carbonyl (C=O) groups excluding carboxylic acids is 1. The lowest BCUT2D eigenvalue weighted by atomic mass is 9.84. The SMILES string of the molecule is CC(C)C(N)CC(=O)N1CCC2C(CCCN2C)C1. The fraction of sp³-hybridized carbons (Fsp3) is 0.933. The van der Waals surface area contributed by atoms with E-state index < -0.39 is 0 Å². The van der Waals surface area contributed by atoms with Crippen LogP contribution in [0.4, 0.5) is 0 Å². The van der Waals surface area contributed by atoms with Gasteiger partial charge in [-0.2, -0.15) is 0 Å². The maximum Gasteiger partial charge on any atom is 0.224 e. The minimum atomic E-state index is -0.000692. The number of likely N-dealkylation sites (tertiary alicyclic amines) is 2. The summed E-state index contributed by atoms with van der Waals surface area (Å²) >= 11 is 0. The Labute approximate surface area is 117 Å². The number of nitrogens with zero attached hydrogens (tertiary/aromatic N) is 2. The monoisotopic (exact) mass is 267 g/mol. The number of fused-ring (bicyclic) bond motifs is 1. The van der Waals surface area contributed by atoms with E-state index in [-0.39, 0.29) is 11.9 Å². The quantitative estimate of drug-likeness (QED) is 0.838. The summed E-state index contributed by atoms with van der Waals surface area (Å²) in [4.78, 5) is 16.8. The van der Waals surface area contributed by atoms with E-state index in [9.17, 15) is 4.79 Å². The molecule has 0 aromatic rings. The first-order chi connectivity index (χ1) is 8.99. The van der Waals surface area contributed by atoms with Crippen molar-refractivity contribution >= 4 is 5.91 Å². The van der Waals surface area contributed by atoms with Gasteiger partial charge in [-0.15, -0.1) is 0 Å². The molecule has 2 aliphatic heterocycles. The molecule has 3 atom stereocenters. The van der Waals surface area contributed by atoms with Gasteiger partial charge in [-0.1, -0.05) is 13.8 Å². The number of amides is 1. The molecule has 19 heavy (non-hydrogen) atoms. The lowest BCUT2D eigenvalue weighted by Gasteiger charge is -2.46. The Bertz CT molecular complexity index is 319. The van der Waals surface area contributed by atoms with Crippen LogP contribution in [0.2, 0.25) is 0 Å². The molecule has 4 heteroatoms. The molecule has 2 fully saturated rings. The van der Waals surface area contributed by atoms with Gasteiger partial charge in [0.2, 0.25) is 5.91 Å². The lowest BCUT2D eigenvalue weighted by Crippen LogP contribution is -2.54. The second-order valence-corrected chi connectivity index (χ2v) is 6.69. The second-order valence-electron chi connectivity index (χ2n) is 6.69. The van der Waals surface area contributed by atoms with Gasteiger partial charge in [0.25, 0.3) is 0 Å². The van der Waals surface area contributed by atoms with Gasteiger partial charge in [-0.05, 0) is 44.7 Å². The maximum atomic E-state index is 12.3. The van der Waals surface area contributed by atoms with Crippen molar-refractivity contribution < 1.29 is 4.79 Å². The predicted molar refractivity (Wildman–Crippen MR) is 77.8 cm³/mol. The lowest BCUT2D eigenvalue weighted by molar-refractivity contribution is -0.135. The summed E-state index contributed by atoms with van der Waals surface area (Å²) in [7, 11) is 2.23. The maximum absolute atomic E-state index is 12.3. The Morgan fingerprint density at radius 3 is 2.74 bits per heavy atom. The molecule has 0 saturated carbocycles. The van der Waals surface area contributed by atoms with Crippen molar-refractivity contribution in [3.8, 4) is 0 Å². The summed E-state index contributed by atoms with van der Waals surface area (Å²) in [6, 6.07) is 0.691. The van der Waals surface area contributed by atoms with E-state index in [2.05, 4.69) is 30.7 Å². The zero-order valence-corrected chi connectivity index (χ0v) is 12.6. The highest BCUT2D eigenvalue weighted by Crippen LogP contribution is 2.29. The Balaban J connectivity index is 1.88. The van der Waals surface area contributed by atoms with E-state index in [1.807, 2.05) is 0 Å². The molecule has 0 bridgehead atoms. The van der Waals surface area contributed by atoms with E-state index in [4.69, 9.17) is 5.73 Å². The Hall–Kier alpha value is -0.610. The smallest absolute Gasteiger partial charge is 0.224 e. The molecule has 0 aromatic carbocycles. The molecule has 2 saturated heterocycles. The topological polar surface area (TPSA) is 49.6 Å². The third-order valence-electron chi connectivity index (χ3n) is 4.97. The summed E-state index contributed by atoms with van der Waals surface area (Å²) in [5, 5.41) is 0. The Morgan fingerprint density at radius 2 is 2.05 bits per heavy atom. The zero-order valence-electron chi connectivity index (χ0n) is 12.6. The predicted octanol–water partition coefficient (Wildman–Crippen LogP) is 1.30. The highest BCUT2D eigenvalue weighted by Gasteiger charge is 2.35. The van der Waals surface area contributed by atoms with Crippen molar-refractivity contribution in [1.82, 2.24) is 9.80 Å². The fourth-order valence-corrected chi connectivity index (χ4v) is 3.45. The van der Waals surface area contributed by atoms with Crippen molar-refractivity contribution in [2.24, 2.45) is 17.6 Å². The second kappa shape index (κ2) is 6.23. The molecule has 4 nitrogen and oxygen atoms in total. The molecule has 3 unspecified atom stereocenters. The minimum Gasteiger partial charge on any atom is -0.342 e. The number of nitrogens with two attached hydrogens (primary N) is 1. The molecule has 0 aromatic heterocycles. The van der Waals surface area contributed by atoms with Crippen molar-refractivity contribution in [3.63, 3.8) is 0 Å². The van der Waals surface area contributed by atoms with E-state index in [0.29, 0.717) is 24.3 Å². The molecule has 0 radical (unpaired) electrons. The van der Waals surface area contributed by atoms with Gasteiger partial charge in [0.05, 0.1) is 0 Å². The van der Waals surface area contributed by atoms with Crippen LogP contribution >= 0.6 is 0 Å². The molecular weight excluding hydrogens is 238 g/mol. The summed E-state index contributed by atoms with van der Waals surface area (Å²) in [5.41, 5.74) is 6.02. The van der Waals surface area contributed by atoms with Gasteiger partial charge in [0, 0.05) is 31.6 Å². The van der Waals surface area contributed by atoms with Crippen LogP contribution in [0.25, 0.3) is 0 Å². The molecule has 110 valence electrons. The van der Waals surface area contributed by atoms with Gasteiger partial charge in [0.15, 0.2) is 0 Å². The fourth-order valence-electron chi connectivity index (χ4n) is 3.45.